The summed E-state index contributed by atoms with van der Waals surface area (Å²) in [5.41, 5.74) is 1.41. The van der Waals surface area contributed by atoms with Crippen LogP contribution in [0.1, 0.15) is 46.4 Å². The molecule has 2 aromatic rings. The molecule has 0 radical (unpaired) electrons. The number of aryl methyl sites for hydroxylation is 1. The first-order chi connectivity index (χ1) is 13.4. The van der Waals surface area contributed by atoms with Crippen LogP contribution in [-0.4, -0.2) is 39.8 Å². The quantitative estimate of drug-likeness (QED) is 0.685. The fourth-order valence-corrected chi connectivity index (χ4v) is 3.32. The Labute approximate surface area is 162 Å². The monoisotopic (exact) mass is 384 g/mol. The maximum atomic E-state index is 12.3. The Kier molecular flexibility index (Phi) is 6.08. The molecule has 0 bridgehead atoms. The van der Waals surface area contributed by atoms with Gasteiger partial charge in [-0.2, -0.15) is 0 Å². The highest BCUT2D eigenvalue weighted by Crippen LogP contribution is 2.13. The topological polar surface area (TPSA) is 115 Å². The van der Waals surface area contributed by atoms with Crippen LogP contribution in [-0.2, 0) is 17.8 Å². The van der Waals surface area contributed by atoms with Gasteiger partial charge in [0.25, 0.3) is 11.5 Å². The molecule has 0 spiro atoms. The summed E-state index contributed by atoms with van der Waals surface area (Å²) in [5, 5.41) is 2.80. The second-order valence-corrected chi connectivity index (χ2v) is 6.98. The second kappa shape index (κ2) is 8.69. The molecule has 3 N–H and O–H groups in total. The number of carbonyl (C=O) groups excluding carboxylic acids is 2. The van der Waals surface area contributed by atoms with E-state index in [0.29, 0.717) is 23.4 Å². The van der Waals surface area contributed by atoms with Crippen molar-refractivity contribution < 1.29 is 9.59 Å². The van der Waals surface area contributed by atoms with Crippen molar-refractivity contribution in [2.45, 2.75) is 39.2 Å². The van der Waals surface area contributed by atoms with Gasteiger partial charge in [-0.3, -0.25) is 19.4 Å². The molecule has 0 aliphatic carbocycles. The number of aromatic amines is 2. The van der Waals surface area contributed by atoms with Crippen LogP contribution in [0.4, 0.5) is 0 Å². The molecular formula is C20H24N4O4. The predicted molar refractivity (Wildman–Crippen MR) is 104 cm³/mol. The van der Waals surface area contributed by atoms with Crippen LogP contribution >= 0.6 is 0 Å². The highest BCUT2D eigenvalue weighted by Gasteiger charge is 2.19. The van der Waals surface area contributed by atoms with Gasteiger partial charge in [0.1, 0.15) is 0 Å². The van der Waals surface area contributed by atoms with Crippen molar-refractivity contribution in [3.63, 3.8) is 0 Å². The molecule has 148 valence electrons. The number of carbonyl (C=O) groups is 2. The molecule has 1 saturated heterocycles. The molecule has 1 aromatic carbocycles. The number of benzene rings is 1. The Bertz CT molecular complexity index is 969. The van der Waals surface area contributed by atoms with E-state index in [4.69, 9.17) is 0 Å². The number of hydrogen-bond acceptors (Lipinski definition) is 4. The van der Waals surface area contributed by atoms with Gasteiger partial charge in [0.15, 0.2) is 0 Å². The molecule has 8 heteroatoms. The van der Waals surface area contributed by atoms with Gasteiger partial charge in [0.2, 0.25) is 5.91 Å². The first kappa shape index (κ1) is 19.6. The molecule has 28 heavy (non-hydrogen) atoms. The normalized spacial score (nSPS) is 13.5. The molecule has 1 fully saturated rings. The number of amides is 2. The van der Waals surface area contributed by atoms with Gasteiger partial charge in [-0.05, 0) is 43.9 Å². The van der Waals surface area contributed by atoms with E-state index >= 15 is 0 Å². The average molecular weight is 384 g/mol. The fraction of sp³-hybridized carbons (Fsp3) is 0.400. The van der Waals surface area contributed by atoms with Crippen molar-refractivity contribution in [2.75, 3.05) is 13.1 Å². The SMILES string of the molecule is Cc1[nH]c(=O)[nH]c(=O)c1CCC(=O)NCc1ccc(C(=O)N2CCCC2)cc1. The van der Waals surface area contributed by atoms with E-state index in [0.717, 1.165) is 31.5 Å². The molecule has 3 rings (SSSR count). The van der Waals surface area contributed by atoms with E-state index in [-0.39, 0.29) is 24.7 Å². The highest BCUT2D eigenvalue weighted by atomic mass is 16.2. The van der Waals surface area contributed by atoms with E-state index in [1.54, 1.807) is 19.1 Å². The molecule has 0 atom stereocenters. The van der Waals surface area contributed by atoms with E-state index in [9.17, 15) is 19.2 Å². The van der Waals surface area contributed by atoms with Gasteiger partial charge < -0.3 is 15.2 Å². The van der Waals surface area contributed by atoms with E-state index in [2.05, 4.69) is 15.3 Å². The Balaban J connectivity index is 1.50. The summed E-state index contributed by atoms with van der Waals surface area (Å²) < 4.78 is 0. The zero-order valence-electron chi connectivity index (χ0n) is 15.8. The number of rotatable bonds is 6. The van der Waals surface area contributed by atoms with Crippen LogP contribution in [0.25, 0.3) is 0 Å². The Morgan fingerprint density at radius 2 is 1.75 bits per heavy atom. The van der Waals surface area contributed by atoms with Gasteiger partial charge in [-0.25, -0.2) is 4.79 Å². The first-order valence-electron chi connectivity index (χ1n) is 9.41. The molecule has 2 amide bonds. The summed E-state index contributed by atoms with van der Waals surface area (Å²) in [4.78, 5) is 53.9. The van der Waals surface area contributed by atoms with Crippen molar-refractivity contribution in [3.8, 4) is 0 Å². The van der Waals surface area contributed by atoms with Crippen molar-refractivity contribution in [1.29, 1.82) is 0 Å². The Morgan fingerprint density at radius 1 is 1.07 bits per heavy atom. The van der Waals surface area contributed by atoms with Gasteiger partial charge in [0.05, 0.1) is 0 Å². The van der Waals surface area contributed by atoms with Crippen LogP contribution < -0.4 is 16.6 Å². The summed E-state index contributed by atoms with van der Waals surface area (Å²) in [7, 11) is 0. The molecule has 8 nitrogen and oxygen atoms in total. The number of hydrogen-bond donors (Lipinski definition) is 3. The van der Waals surface area contributed by atoms with Crippen molar-refractivity contribution >= 4 is 11.8 Å². The van der Waals surface area contributed by atoms with Crippen LogP contribution in [0, 0.1) is 6.92 Å². The molecule has 1 aromatic heterocycles. The fourth-order valence-electron chi connectivity index (χ4n) is 3.32. The molecule has 0 saturated carbocycles. The molecule has 1 aliphatic rings. The third kappa shape index (κ3) is 4.76. The predicted octanol–water partition coefficient (Wildman–Crippen LogP) is 0.857. The van der Waals surface area contributed by atoms with Crippen LogP contribution in [0.2, 0.25) is 0 Å². The standard InChI is InChI=1S/C20H24N4O4/c1-13-16(18(26)23-20(28)22-13)8-9-17(25)21-12-14-4-6-15(7-5-14)19(27)24-10-2-3-11-24/h4-7H,2-3,8-12H2,1H3,(H,21,25)(H2,22,23,26,28). The van der Waals surface area contributed by atoms with Gasteiger partial charge >= 0.3 is 5.69 Å². The van der Waals surface area contributed by atoms with E-state index in [1.165, 1.54) is 0 Å². The molecular weight excluding hydrogens is 360 g/mol. The number of nitrogens with one attached hydrogen (secondary N) is 3. The zero-order chi connectivity index (χ0) is 20.1. The summed E-state index contributed by atoms with van der Waals surface area (Å²) in [6, 6.07) is 7.23. The average Bonchev–Trinajstić information content (AvgIpc) is 3.20. The number of nitrogens with zero attached hydrogens (tertiary/aromatic N) is 1. The summed E-state index contributed by atoms with van der Waals surface area (Å²) in [6.07, 6.45) is 2.50. The number of aromatic nitrogens is 2. The summed E-state index contributed by atoms with van der Waals surface area (Å²) in [6.45, 7) is 3.61. The first-order valence-corrected chi connectivity index (χ1v) is 9.41. The minimum Gasteiger partial charge on any atom is -0.352 e. The zero-order valence-corrected chi connectivity index (χ0v) is 15.8. The van der Waals surface area contributed by atoms with Crippen LogP contribution in [0.15, 0.2) is 33.9 Å². The maximum absolute atomic E-state index is 12.3. The Hall–Kier alpha value is -3.16. The van der Waals surface area contributed by atoms with Gasteiger partial charge in [0, 0.05) is 42.9 Å². The molecule has 0 unspecified atom stereocenters. The van der Waals surface area contributed by atoms with Crippen molar-refractivity contribution in [2.24, 2.45) is 0 Å². The summed E-state index contributed by atoms with van der Waals surface area (Å²) in [5.74, 6) is -0.142. The number of likely N-dealkylation sites (tertiary alicyclic amines) is 1. The lowest BCUT2D eigenvalue weighted by molar-refractivity contribution is -0.121. The largest absolute Gasteiger partial charge is 0.352 e. The third-order valence-corrected chi connectivity index (χ3v) is 4.94. The third-order valence-electron chi connectivity index (χ3n) is 4.94. The summed E-state index contributed by atoms with van der Waals surface area (Å²) >= 11 is 0. The lowest BCUT2D eigenvalue weighted by atomic mass is 10.1. The minimum absolute atomic E-state index is 0.0505. The Morgan fingerprint density at radius 3 is 2.39 bits per heavy atom. The van der Waals surface area contributed by atoms with E-state index in [1.807, 2.05) is 17.0 Å². The van der Waals surface area contributed by atoms with Crippen LogP contribution in [0.3, 0.4) is 0 Å². The van der Waals surface area contributed by atoms with E-state index < -0.39 is 11.2 Å². The van der Waals surface area contributed by atoms with Gasteiger partial charge in [-0.15, -0.1) is 0 Å². The molecule has 2 heterocycles. The maximum Gasteiger partial charge on any atom is 0.325 e. The van der Waals surface area contributed by atoms with Crippen LogP contribution in [0.5, 0.6) is 0 Å². The lowest BCUT2D eigenvalue weighted by Crippen LogP contribution is -2.29. The van der Waals surface area contributed by atoms with Crippen molar-refractivity contribution in [3.05, 3.63) is 67.5 Å². The van der Waals surface area contributed by atoms with Gasteiger partial charge in [-0.1, -0.05) is 12.1 Å². The van der Waals surface area contributed by atoms with Crippen molar-refractivity contribution in [1.82, 2.24) is 20.2 Å². The number of H-pyrrole nitrogens is 2. The second-order valence-electron chi connectivity index (χ2n) is 6.98. The lowest BCUT2D eigenvalue weighted by Gasteiger charge is -2.15. The molecule has 1 aliphatic heterocycles. The minimum atomic E-state index is -0.553. The smallest absolute Gasteiger partial charge is 0.325 e. The highest BCUT2D eigenvalue weighted by molar-refractivity contribution is 5.94.